The summed E-state index contributed by atoms with van der Waals surface area (Å²) in [5.74, 6) is -0.193. The number of benzene rings is 2. The summed E-state index contributed by atoms with van der Waals surface area (Å²) in [7, 11) is 0. The monoisotopic (exact) mass is 360 g/mol. The van der Waals surface area contributed by atoms with Crippen molar-refractivity contribution in [1.82, 2.24) is 4.90 Å². The first-order valence-electron chi connectivity index (χ1n) is 8.90. The fourth-order valence-corrected chi connectivity index (χ4v) is 3.47. The molecule has 0 N–H and O–H groups in total. The third-order valence-corrected chi connectivity index (χ3v) is 4.88. The Morgan fingerprint density at radius 2 is 1.67 bits per heavy atom. The number of rotatable bonds is 5. The molecule has 136 valence electrons. The fourth-order valence-electron chi connectivity index (χ4n) is 3.47. The third kappa shape index (κ3) is 3.24. The molecule has 1 saturated heterocycles. The van der Waals surface area contributed by atoms with Crippen LogP contribution in [-0.2, 0) is 17.8 Å². The third-order valence-electron chi connectivity index (χ3n) is 4.88. The number of imide groups is 1. The van der Waals surface area contributed by atoms with E-state index in [4.69, 9.17) is 4.42 Å². The first kappa shape index (κ1) is 17.1. The van der Waals surface area contributed by atoms with Crippen molar-refractivity contribution in [3.05, 3.63) is 89.9 Å². The lowest BCUT2D eigenvalue weighted by Gasteiger charge is -2.21. The van der Waals surface area contributed by atoms with Crippen LogP contribution in [0.2, 0.25) is 0 Å². The van der Waals surface area contributed by atoms with Crippen molar-refractivity contribution in [1.29, 1.82) is 0 Å². The molecule has 3 aromatic rings. The Morgan fingerprint density at radius 1 is 0.926 bits per heavy atom. The zero-order chi connectivity index (χ0) is 18.8. The standard InChI is InChI=1S/C22H20N2O3/c1-16-7-5-6-10-19(16)24-21(25)20(13-17-8-3-2-4-9-17)23(22(24)26)14-18-11-12-27-15-18/h2-12,15,20H,13-14H2,1H3. The zero-order valence-electron chi connectivity index (χ0n) is 15.0. The average molecular weight is 360 g/mol. The molecule has 1 fully saturated rings. The lowest BCUT2D eigenvalue weighted by molar-refractivity contribution is -0.119. The highest BCUT2D eigenvalue weighted by Gasteiger charge is 2.46. The molecule has 1 atom stereocenters. The minimum atomic E-state index is -0.547. The van der Waals surface area contributed by atoms with Crippen molar-refractivity contribution in [2.24, 2.45) is 0 Å². The van der Waals surface area contributed by atoms with E-state index in [1.807, 2.05) is 67.6 Å². The van der Waals surface area contributed by atoms with Crippen molar-refractivity contribution in [2.75, 3.05) is 4.90 Å². The Balaban J connectivity index is 1.70. The maximum absolute atomic E-state index is 13.3. The number of hydrogen-bond acceptors (Lipinski definition) is 3. The largest absolute Gasteiger partial charge is 0.472 e. The predicted octanol–water partition coefficient (Wildman–Crippen LogP) is 4.17. The van der Waals surface area contributed by atoms with Crippen molar-refractivity contribution in [3.8, 4) is 0 Å². The molecule has 0 aliphatic carbocycles. The van der Waals surface area contributed by atoms with Gasteiger partial charge in [0.05, 0.1) is 24.8 Å². The molecule has 0 saturated carbocycles. The van der Waals surface area contributed by atoms with Crippen LogP contribution in [0, 0.1) is 6.92 Å². The van der Waals surface area contributed by atoms with Crippen LogP contribution >= 0.6 is 0 Å². The van der Waals surface area contributed by atoms with Crippen LogP contribution in [0.3, 0.4) is 0 Å². The Hall–Kier alpha value is -3.34. The van der Waals surface area contributed by atoms with E-state index in [-0.39, 0.29) is 11.9 Å². The smallest absolute Gasteiger partial charge is 0.332 e. The molecule has 27 heavy (non-hydrogen) atoms. The molecule has 5 heteroatoms. The van der Waals surface area contributed by atoms with Crippen LogP contribution in [0.25, 0.3) is 0 Å². The molecule has 1 aromatic heterocycles. The average Bonchev–Trinajstić information content (AvgIpc) is 3.27. The Bertz CT molecular complexity index is 951. The zero-order valence-corrected chi connectivity index (χ0v) is 15.0. The van der Waals surface area contributed by atoms with E-state index < -0.39 is 6.04 Å². The van der Waals surface area contributed by atoms with Crippen LogP contribution < -0.4 is 4.90 Å². The van der Waals surface area contributed by atoms with E-state index >= 15 is 0 Å². The van der Waals surface area contributed by atoms with Gasteiger partial charge in [-0.3, -0.25) is 4.79 Å². The molecule has 2 heterocycles. The second-order valence-electron chi connectivity index (χ2n) is 6.71. The molecule has 0 radical (unpaired) electrons. The number of para-hydroxylation sites is 1. The summed E-state index contributed by atoms with van der Waals surface area (Å²) in [6.07, 6.45) is 3.66. The number of carbonyl (C=O) groups excluding carboxylic acids is 2. The number of urea groups is 1. The summed E-state index contributed by atoms with van der Waals surface area (Å²) in [4.78, 5) is 29.4. The number of furan rings is 1. The number of carbonyl (C=O) groups is 2. The van der Waals surface area contributed by atoms with Crippen LogP contribution in [0.5, 0.6) is 0 Å². The highest BCUT2D eigenvalue weighted by molar-refractivity contribution is 6.21. The normalized spacial score (nSPS) is 17.0. The number of anilines is 1. The maximum Gasteiger partial charge on any atom is 0.332 e. The van der Waals surface area contributed by atoms with Gasteiger partial charge in [-0.2, -0.15) is 0 Å². The molecule has 1 aliphatic rings. The summed E-state index contributed by atoms with van der Waals surface area (Å²) >= 11 is 0. The minimum Gasteiger partial charge on any atom is -0.472 e. The fraction of sp³-hybridized carbons (Fsp3) is 0.182. The lowest BCUT2D eigenvalue weighted by atomic mass is 10.0. The van der Waals surface area contributed by atoms with Gasteiger partial charge in [0, 0.05) is 12.0 Å². The Kier molecular flexibility index (Phi) is 4.50. The van der Waals surface area contributed by atoms with E-state index in [1.165, 1.54) is 4.90 Å². The first-order chi connectivity index (χ1) is 13.1. The molecule has 1 aliphatic heterocycles. The van der Waals surface area contributed by atoms with Gasteiger partial charge in [0.15, 0.2) is 0 Å². The summed E-state index contributed by atoms with van der Waals surface area (Å²) < 4.78 is 5.13. The summed E-state index contributed by atoms with van der Waals surface area (Å²) in [6.45, 7) is 2.24. The second kappa shape index (κ2) is 7.11. The van der Waals surface area contributed by atoms with Gasteiger partial charge in [0.2, 0.25) is 0 Å². The maximum atomic E-state index is 13.3. The summed E-state index contributed by atoms with van der Waals surface area (Å²) in [5, 5.41) is 0. The molecule has 1 unspecified atom stereocenters. The molecule has 0 spiro atoms. The predicted molar refractivity (Wildman–Crippen MR) is 102 cm³/mol. The van der Waals surface area contributed by atoms with Gasteiger partial charge in [0.25, 0.3) is 5.91 Å². The van der Waals surface area contributed by atoms with Gasteiger partial charge >= 0.3 is 6.03 Å². The Labute approximate surface area is 157 Å². The van der Waals surface area contributed by atoms with E-state index in [9.17, 15) is 9.59 Å². The van der Waals surface area contributed by atoms with Gasteiger partial charge in [-0.1, -0.05) is 48.5 Å². The number of hydrogen-bond donors (Lipinski definition) is 0. The van der Waals surface area contributed by atoms with Gasteiger partial charge in [-0.25, -0.2) is 9.69 Å². The molecule has 2 aromatic carbocycles. The van der Waals surface area contributed by atoms with Gasteiger partial charge in [-0.15, -0.1) is 0 Å². The van der Waals surface area contributed by atoms with Gasteiger partial charge in [0.1, 0.15) is 6.04 Å². The van der Waals surface area contributed by atoms with E-state index in [0.29, 0.717) is 18.7 Å². The van der Waals surface area contributed by atoms with Gasteiger partial charge < -0.3 is 9.32 Å². The van der Waals surface area contributed by atoms with E-state index in [2.05, 4.69) is 0 Å². The Morgan fingerprint density at radius 3 is 2.37 bits per heavy atom. The summed E-state index contributed by atoms with van der Waals surface area (Å²) in [6, 6.07) is 18.2. The summed E-state index contributed by atoms with van der Waals surface area (Å²) in [5.41, 5.74) is 3.41. The second-order valence-corrected chi connectivity index (χ2v) is 6.71. The highest BCUT2D eigenvalue weighted by atomic mass is 16.3. The number of amides is 3. The van der Waals surface area contributed by atoms with Crippen molar-refractivity contribution in [2.45, 2.75) is 25.9 Å². The topological polar surface area (TPSA) is 53.8 Å². The molecular formula is C22H20N2O3. The lowest BCUT2D eigenvalue weighted by Crippen LogP contribution is -2.36. The number of nitrogens with zero attached hydrogens (tertiary/aromatic N) is 2. The quantitative estimate of drug-likeness (QED) is 0.642. The van der Waals surface area contributed by atoms with Crippen LogP contribution in [-0.4, -0.2) is 22.9 Å². The SMILES string of the molecule is Cc1ccccc1N1C(=O)C(Cc2ccccc2)N(Cc2ccoc2)C1=O. The molecule has 0 bridgehead atoms. The first-order valence-corrected chi connectivity index (χ1v) is 8.90. The van der Waals surface area contributed by atoms with Gasteiger partial charge in [-0.05, 0) is 30.2 Å². The molecule has 5 nitrogen and oxygen atoms in total. The van der Waals surface area contributed by atoms with E-state index in [0.717, 1.165) is 16.7 Å². The van der Waals surface area contributed by atoms with Crippen molar-refractivity contribution < 1.29 is 14.0 Å². The van der Waals surface area contributed by atoms with Crippen LogP contribution in [0.1, 0.15) is 16.7 Å². The van der Waals surface area contributed by atoms with Crippen molar-refractivity contribution >= 4 is 17.6 Å². The van der Waals surface area contributed by atoms with E-state index in [1.54, 1.807) is 17.4 Å². The molecule has 3 amide bonds. The van der Waals surface area contributed by atoms with Crippen LogP contribution in [0.15, 0.2) is 77.6 Å². The van der Waals surface area contributed by atoms with Crippen molar-refractivity contribution in [3.63, 3.8) is 0 Å². The number of aryl methyl sites for hydroxylation is 1. The minimum absolute atomic E-state index is 0.193. The molecular weight excluding hydrogens is 340 g/mol. The highest BCUT2D eigenvalue weighted by Crippen LogP contribution is 2.30. The molecule has 4 rings (SSSR count). The van der Waals surface area contributed by atoms with Crippen LogP contribution in [0.4, 0.5) is 10.5 Å².